The molecule has 6 heteroatoms. The van der Waals surface area contributed by atoms with Crippen LogP contribution in [-0.2, 0) is 20.9 Å². The molecule has 0 saturated heterocycles. The van der Waals surface area contributed by atoms with Crippen LogP contribution in [0.15, 0.2) is 42.5 Å². The van der Waals surface area contributed by atoms with Crippen LogP contribution < -0.4 is 5.32 Å². The number of nitrogens with zero attached hydrogens (tertiary/aromatic N) is 1. The predicted molar refractivity (Wildman–Crippen MR) is 116 cm³/mol. The zero-order valence-electron chi connectivity index (χ0n) is 18.5. The number of ether oxygens (including phenoxy) is 1. The molecule has 2 rings (SSSR count). The Labute approximate surface area is 178 Å². The van der Waals surface area contributed by atoms with E-state index in [1.807, 2.05) is 51.1 Å². The number of carbonyl (C=O) groups is 2. The third-order valence-electron chi connectivity index (χ3n) is 5.89. The zero-order valence-corrected chi connectivity index (χ0v) is 18.5. The molecule has 0 bridgehead atoms. The van der Waals surface area contributed by atoms with Crippen LogP contribution in [0.4, 0.5) is 10.1 Å². The van der Waals surface area contributed by atoms with E-state index in [1.165, 1.54) is 12.1 Å². The molecule has 0 heterocycles. The van der Waals surface area contributed by atoms with Crippen molar-refractivity contribution in [2.24, 2.45) is 0 Å². The number of nitrogens with one attached hydrogen (secondary N) is 1. The van der Waals surface area contributed by atoms with E-state index in [1.54, 1.807) is 13.8 Å². The quantitative estimate of drug-likeness (QED) is 0.489. The van der Waals surface area contributed by atoms with Gasteiger partial charge in [-0.15, -0.1) is 0 Å². The van der Waals surface area contributed by atoms with E-state index < -0.39 is 6.04 Å². The van der Waals surface area contributed by atoms with Crippen LogP contribution in [0, 0.1) is 19.7 Å². The molecule has 1 N–H and O–H groups in total. The van der Waals surface area contributed by atoms with Crippen LogP contribution in [0.1, 0.15) is 37.5 Å². The maximum Gasteiger partial charge on any atom is 0.362 e. The van der Waals surface area contributed by atoms with Crippen molar-refractivity contribution in [2.75, 3.05) is 25.0 Å². The number of amides is 1. The third kappa shape index (κ3) is 5.66. The van der Waals surface area contributed by atoms with Gasteiger partial charge >= 0.3 is 5.97 Å². The number of anilines is 1. The second-order valence-corrected chi connectivity index (χ2v) is 7.74. The Morgan fingerprint density at radius 1 is 1.07 bits per heavy atom. The number of esters is 1. The summed E-state index contributed by atoms with van der Waals surface area (Å²) in [5, 5.41) is 2.94. The highest BCUT2D eigenvalue weighted by atomic mass is 19.1. The smallest absolute Gasteiger partial charge is 0.362 e. The fourth-order valence-corrected chi connectivity index (χ4v) is 3.76. The van der Waals surface area contributed by atoms with E-state index in [2.05, 4.69) is 5.32 Å². The van der Waals surface area contributed by atoms with Crippen molar-refractivity contribution in [3.8, 4) is 0 Å². The minimum absolute atomic E-state index is 0.107. The van der Waals surface area contributed by atoms with Crippen LogP contribution in [0.3, 0.4) is 0 Å². The fourth-order valence-electron chi connectivity index (χ4n) is 3.76. The number of carbonyl (C=O) groups excluding carboxylic acids is 2. The summed E-state index contributed by atoms with van der Waals surface area (Å²) in [5.74, 6) is -0.867. The van der Waals surface area contributed by atoms with Crippen LogP contribution in [-0.4, -0.2) is 42.0 Å². The van der Waals surface area contributed by atoms with Crippen molar-refractivity contribution in [1.82, 2.24) is 0 Å². The molecule has 30 heavy (non-hydrogen) atoms. The van der Waals surface area contributed by atoms with Gasteiger partial charge in [0, 0.05) is 5.69 Å². The Morgan fingerprint density at radius 3 is 2.17 bits per heavy atom. The first-order chi connectivity index (χ1) is 14.2. The molecule has 0 saturated carbocycles. The number of halogens is 1. The molecule has 1 amide bonds. The minimum atomic E-state index is -0.479. The van der Waals surface area contributed by atoms with Crippen molar-refractivity contribution in [1.29, 1.82) is 0 Å². The maximum absolute atomic E-state index is 13.6. The van der Waals surface area contributed by atoms with Gasteiger partial charge in [0.25, 0.3) is 5.91 Å². The Bertz CT molecular complexity index is 856. The SMILES string of the molecule is CC[N+](CC)(CC(=O)OCc1ccccc1)C(C)C(=O)Nc1c(C)cc(F)cc1C. The fraction of sp³-hybridized carbons (Fsp3) is 0.417. The summed E-state index contributed by atoms with van der Waals surface area (Å²) in [6.07, 6.45) is 0. The number of likely N-dealkylation sites (N-methyl/N-ethyl adjacent to an activating group) is 1. The molecule has 0 aliphatic heterocycles. The van der Waals surface area contributed by atoms with Gasteiger partial charge in [0.15, 0.2) is 12.6 Å². The summed E-state index contributed by atoms with van der Waals surface area (Å²) in [4.78, 5) is 25.6. The largest absolute Gasteiger partial charge is 0.457 e. The van der Waals surface area contributed by atoms with Crippen LogP contribution in [0.25, 0.3) is 0 Å². The van der Waals surface area contributed by atoms with Gasteiger partial charge < -0.3 is 14.5 Å². The summed E-state index contributed by atoms with van der Waals surface area (Å²) < 4.78 is 19.3. The molecule has 2 aromatic carbocycles. The summed E-state index contributed by atoms with van der Waals surface area (Å²) in [7, 11) is 0. The second-order valence-electron chi connectivity index (χ2n) is 7.74. The highest BCUT2D eigenvalue weighted by molar-refractivity contribution is 5.95. The first kappa shape index (κ1) is 23.5. The number of hydrogen-bond donors (Lipinski definition) is 1. The van der Waals surface area contributed by atoms with Crippen molar-refractivity contribution >= 4 is 17.6 Å². The molecule has 0 radical (unpaired) electrons. The highest BCUT2D eigenvalue weighted by Crippen LogP contribution is 2.23. The molecule has 2 aromatic rings. The molecular formula is C24H32FN2O3+. The Balaban J connectivity index is 2.10. The highest BCUT2D eigenvalue weighted by Gasteiger charge is 2.38. The molecule has 162 valence electrons. The van der Waals surface area contributed by atoms with Gasteiger partial charge in [0.05, 0.1) is 13.1 Å². The summed E-state index contributed by atoms with van der Waals surface area (Å²) in [6.45, 7) is 10.8. The molecule has 1 atom stereocenters. The molecule has 0 aliphatic carbocycles. The first-order valence-corrected chi connectivity index (χ1v) is 10.3. The van der Waals surface area contributed by atoms with E-state index in [-0.39, 0.29) is 35.3 Å². The molecule has 5 nitrogen and oxygen atoms in total. The average Bonchev–Trinajstić information content (AvgIpc) is 2.73. The molecule has 0 aromatic heterocycles. The number of quaternary nitrogens is 1. The van der Waals surface area contributed by atoms with E-state index >= 15 is 0 Å². The van der Waals surface area contributed by atoms with Gasteiger partial charge in [-0.3, -0.25) is 4.79 Å². The number of rotatable bonds is 9. The zero-order chi connectivity index (χ0) is 22.3. The van der Waals surface area contributed by atoms with E-state index in [9.17, 15) is 14.0 Å². The maximum atomic E-state index is 13.6. The van der Waals surface area contributed by atoms with Gasteiger partial charge in [-0.2, -0.15) is 0 Å². The number of hydrogen-bond acceptors (Lipinski definition) is 3. The lowest BCUT2D eigenvalue weighted by molar-refractivity contribution is -0.931. The van der Waals surface area contributed by atoms with E-state index in [0.717, 1.165) is 5.56 Å². The monoisotopic (exact) mass is 415 g/mol. The summed E-state index contributed by atoms with van der Waals surface area (Å²) in [6, 6.07) is 11.8. The average molecular weight is 416 g/mol. The lowest BCUT2D eigenvalue weighted by atomic mass is 10.1. The third-order valence-corrected chi connectivity index (χ3v) is 5.89. The van der Waals surface area contributed by atoms with Crippen LogP contribution in [0.5, 0.6) is 0 Å². The van der Waals surface area contributed by atoms with Gasteiger partial charge in [-0.05, 0) is 63.4 Å². The molecule has 0 spiro atoms. The summed E-state index contributed by atoms with van der Waals surface area (Å²) >= 11 is 0. The minimum Gasteiger partial charge on any atom is -0.457 e. The normalized spacial score (nSPS) is 12.3. The van der Waals surface area contributed by atoms with Crippen LogP contribution >= 0.6 is 0 Å². The van der Waals surface area contributed by atoms with Crippen molar-refractivity contribution in [3.05, 3.63) is 65.0 Å². The van der Waals surface area contributed by atoms with Gasteiger partial charge in [0.1, 0.15) is 12.4 Å². The summed E-state index contributed by atoms with van der Waals surface area (Å²) in [5.41, 5.74) is 2.87. The standard InChI is InChI=1S/C24H31FN2O3/c1-6-27(7-2,15-22(28)30-16-20-11-9-8-10-12-20)19(5)24(29)26-23-17(3)13-21(25)14-18(23)4/h8-14,19H,6-7,15-16H2,1-5H3/p+1. The molecule has 0 aliphatic rings. The Kier molecular flexibility index (Phi) is 8.12. The molecular weight excluding hydrogens is 383 g/mol. The topological polar surface area (TPSA) is 55.4 Å². The van der Waals surface area contributed by atoms with Crippen LogP contribution in [0.2, 0.25) is 0 Å². The van der Waals surface area contributed by atoms with Crippen molar-refractivity contribution < 1.29 is 23.2 Å². The molecule has 0 fully saturated rings. The number of aryl methyl sites for hydroxylation is 2. The predicted octanol–water partition coefficient (Wildman–Crippen LogP) is 4.37. The number of benzene rings is 2. The lowest BCUT2D eigenvalue weighted by Gasteiger charge is -2.40. The molecule has 1 unspecified atom stereocenters. The van der Waals surface area contributed by atoms with Gasteiger partial charge in [0.2, 0.25) is 0 Å². The Hall–Kier alpha value is -2.73. The van der Waals surface area contributed by atoms with Crippen molar-refractivity contribution in [2.45, 2.75) is 47.3 Å². The first-order valence-electron chi connectivity index (χ1n) is 10.3. The second kappa shape index (κ2) is 10.3. The van der Waals surface area contributed by atoms with Crippen molar-refractivity contribution in [3.63, 3.8) is 0 Å². The van der Waals surface area contributed by atoms with E-state index in [0.29, 0.717) is 29.9 Å². The Morgan fingerprint density at radius 2 is 1.63 bits per heavy atom. The van der Waals surface area contributed by atoms with E-state index in [4.69, 9.17) is 4.74 Å². The van der Waals surface area contributed by atoms with Gasteiger partial charge in [-0.1, -0.05) is 30.3 Å². The lowest BCUT2D eigenvalue weighted by Crippen LogP contribution is -2.60. The van der Waals surface area contributed by atoms with Gasteiger partial charge in [-0.25, -0.2) is 9.18 Å².